The Kier molecular flexibility index (Phi) is 5.61. The van der Waals surface area contributed by atoms with E-state index < -0.39 is 11.7 Å². The van der Waals surface area contributed by atoms with E-state index in [9.17, 15) is 18.0 Å². The fourth-order valence-electron chi connectivity index (χ4n) is 6.31. The number of benzene rings is 1. The molecule has 1 aromatic carbocycles. The summed E-state index contributed by atoms with van der Waals surface area (Å²) in [4.78, 5) is 17.7. The van der Waals surface area contributed by atoms with Gasteiger partial charge in [0.15, 0.2) is 0 Å². The van der Waals surface area contributed by atoms with Gasteiger partial charge in [-0.05, 0) is 86.7 Å². The van der Waals surface area contributed by atoms with E-state index in [1.807, 2.05) is 0 Å². The zero-order valence-electron chi connectivity index (χ0n) is 18.5. The number of likely N-dealkylation sites (tertiary alicyclic amines) is 1. The highest BCUT2D eigenvalue weighted by atomic mass is 19.4. The summed E-state index contributed by atoms with van der Waals surface area (Å²) in [5.41, 5.74) is 2.15. The highest BCUT2D eigenvalue weighted by molar-refractivity contribution is 5.86. The lowest BCUT2D eigenvalue weighted by molar-refractivity contribution is -0.137. The normalized spacial score (nSPS) is 28.3. The summed E-state index contributed by atoms with van der Waals surface area (Å²) in [5, 5.41) is 0.722. The number of hydrogen-bond acceptors (Lipinski definition) is 3. The monoisotopic (exact) mass is 448 g/mol. The van der Waals surface area contributed by atoms with E-state index in [1.165, 1.54) is 12.1 Å². The van der Waals surface area contributed by atoms with Crippen LogP contribution in [0.5, 0.6) is 0 Å². The fraction of sp³-hybridized carbons (Fsp3) is 0.640. The Bertz CT molecular complexity index is 993. The first-order valence-corrected chi connectivity index (χ1v) is 11.8. The minimum absolute atomic E-state index is 0.201. The van der Waals surface area contributed by atoms with Crippen LogP contribution in [0.2, 0.25) is 0 Å². The zero-order valence-corrected chi connectivity index (χ0v) is 18.5. The second kappa shape index (κ2) is 8.17. The van der Waals surface area contributed by atoms with Crippen molar-refractivity contribution >= 4 is 17.2 Å². The minimum Gasteiger partial charge on any atom is -0.381 e. The number of aldehydes is 1. The maximum atomic E-state index is 13.3. The molecule has 0 unspecified atom stereocenters. The number of H-pyrrole nitrogens is 1. The smallest absolute Gasteiger partial charge is 0.381 e. The zero-order chi connectivity index (χ0) is 22.5. The van der Waals surface area contributed by atoms with Gasteiger partial charge in [-0.15, -0.1) is 0 Å². The van der Waals surface area contributed by atoms with Crippen LogP contribution in [0, 0.1) is 17.3 Å². The molecule has 1 aromatic heterocycles. The Morgan fingerprint density at radius 3 is 2.78 bits per heavy atom. The number of fused-ring (bicyclic) bond motifs is 4. The number of halogens is 3. The van der Waals surface area contributed by atoms with Crippen molar-refractivity contribution in [2.75, 3.05) is 32.8 Å². The summed E-state index contributed by atoms with van der Waals surface area (Å²) < 4.78 is 45.4. The van der Waals surface area contributed by atoms with Crippen molar-refractivity contribution in [2.24, 2.45) is 17.3 Å². The third-order valence-corrected chi connectivity index (χ3v) is 8.37. The lowest BCUT2D eigenvalue weighted by atomic mass is 9.68. The summed E-state index contributed by atoms with van der Waals surface area (Å²) in [7, 11) is 0. The number of nitrogens with one attached hydrogen (secondary N) is 1. The second-order valence-electron chi connectivity index (χ2n) is 10.1. The fourth-order valence-corrected chi connectivity index (χ4v) is 6.31. The van der Waals surface area contributed by atoms with Gasteiger partial charge >= 0.3 is 6.18 Å². The number of piperidine rings is 1. The molecule has 0 spiro atoms. The van der Waals surface area contributed by atoms with E-state index in [0.717, 1.165) is 80.2 Å². The molecular weight excluding hydrogens is 417 g/mol. The van der Waals surface area contributed by atoms with Crippen LogP contribution in [0.1, 0.15) is 55.3 Å². The summed E-state index contributed by atoms with van der Waals surface area (Å²) in [6.07, 6.45) is 1.26. The van der Waals surface area contributed by atoms with Crippen LogP contribution in [0.3, 0.4) is 0 Å². The van der Waals surface area contributed by atoms with Gasteiger partial charge < -0.3 is 19.4 Å². The predicted octanol–water partition coefficient (Wildman–Crippen LogP) is 5.17. The van der Waals surface area contributed by atoms with E-state index in [1.54, 1.807) is 6.07 Å². The van der Waals surface area contributed by atoms with Crippen molar-refractivity contribution in [3.63, 3.8) is 0 Å². The average Bonchev–Trinajstić information content (AvgIpc) is 3.16. The van der Waals surface area contributed by atoms with Crippen molar-refractivity contribution in [2.45, 2.75) is 51.1 Å². The molecule has 0 radical (unpaired) electrons. The summed E-state index contributed by atoms with van der Waals surface area (Å²) >= 11 is 0. The number of carbonyl (C=O) groups excluding carboxylic acids is 1. The number of hydrogen-bond donors (Lipinski definition) is 1. The van der Waals surface area contributed by atoms with Gasteiger partial charge in [0.05, 0.1) is 5.56 Å². The molecule has 2 aliphatic heterocycles. The van der Waals surface area contributed by atoms with Crippen molar-refractivity contribution in [1.29, 1.82) is 0 Å². The van der Waals surface area contributed by atoms with Crippen LogP contribution >= 0.6 is 0 Å². The molecule has 4 nitrogen and oxygen atoms in total. The molecule has 3 atom stereocenters. The Morgan fingerprint density at radius 2 is 2.06 bits per heavy atom. The Morgan fingerprint density at radius 1 is 1.28 bits per heavy atom. The number of carbonyl (C=O) groups is 1. The quantitative estimate of drug-likeness (QED) is 0.657. The molecule has 2 saturated heterocycles. The van der Waals surface area contributed by atoms with Gasteiger partial charge in [0.1, 0.15) is 6.29 Å². The molecule has 0 bridgehead atoms. The van der Waals surface area contributed by atoms with Gasteiger partial charge in [0, 0.05) is 41.8 Å². The van der Waals surface area contributed by atoms with Crippen molar-refractivity contribution < 1.29 is 22.7 Å². The van der Waals surface area contributed by atoms with Crippen LogP contribution in [0.4, 0.5) is 13.2 Å². The SMILES string of the molecule is C[C@H]1c2c([nH]c3ccc(C(F)(F)F)cc23)C[C@H]2CCN(CCC3(C=O)CCOCC3)C[C@@H]21. The van der Waals surface area contributed by atoms with Crippen molar-refractivity contribution in [1.82, 2.24) is 9.88 Å². The molecule has 5 rings (SSSR count). The first-order chi connectivity index (χ1) is 15.3. The minimum atomic E-state index is -4.33. The van der Waals surface area contributed by atoms with E-state index in [2.05, 4.69) is 16.8 Å². The lowest BCUT2D eigenvalue weighted by Gasteiger charge is -2.45. The Hall–Kier alpha value is -1.86. The second-order valence-corrected chi connectivity index (χ2v) is 10.1. The molecular formula is C25H31F3N2O2. The topological polar surface area (TPSA) is 45.3 Å². The molecule has 1 aliphatic carbocycles. The number of nitrogens with zero attached hydrogens (tertiary/aromatic N) is 1. The highest BCUT2D eigenvalue weighted by Gasteiger charge is 2.41. The van der Waals surface area contributed by atoms with Crippen LogP contribution in [0.15, 0.2) is 18.2 Å². The number of alkyl halides is 3. The number of aromatic nitrogens is 1. The molecule has 2 aromatic rings. The molecule has 3 aliphatic rings. The van der Waals surface area contributed by atoms with Gasteiger partial charge in [-0.2, -0.15) is 13.2 Å². The van der Waals surface area contributed by atoms with Gasteiger partial charge in [-0.1, -0.05) is 6.92 Å². The van der Waals surface area contributed by atoms with Gasteiger partial charge in [0.2, 0.25) is 0 Å². The van der Waals surface area contributed by atoms with Crippen LogP contribution in [-0.4, -0.2) is 49.0 Å². The van der Waals surface area contributed by atoms with E-state index >= 15 is 0 Å². The van der Waals surface area contributed by atoms with E-state index in [4.69, 9.17) is 4.74 Å². The lowest BCUT2D eigenvalue weighted by Crippen LogP contribution is -2.46. The van der Waals surface area contributed by atoms with Gasteiger partial charge in [-0.25, -0.2) is 0 Å². The van der Waals surface area contributed by atoms with Gasteiger partial charge in [-0.3, -0.25) is 0 Å². The van der Waals surface area contributed by atoms with Crippen molar-refractivity contribution in [3.8, 4) is 0 Å². The Balaban J connectivity index is 1.35. The molecule has 0 amide bonds. The first-order valence-electron chi connectivity index (χ1n) is 11.8. The van der Waals surface area contributed by atoms with Crippen LogP contribution in [0.25, 0.3) is 10.9 Å². The predicted molar refractivity (Wildman–Crippen MR) is 117 cm³/mol. The maximum Gasteiger partial charge on any atom is 0.416 e. The standard InChI is InChI=1S/C25H31F3N2O2/c1-16-20-14-30(9-5-24(15-31)6-10-32-11-7-24)8-4-17(20)12-22-23(16)19-13-18(25(26,27)28)2-3-21(19)29-22/h2-3,13,15-17,20,29H,4-12,14H2,1H3/t16-,17-,20-/m1/s1. The van der Waals surface area contributed by atoms with E-state index in [-0.39, 0.29) is 11.3 Å². The molecule has 2 fully saturated rings. The van der Waals surface area contributed by atoms with Crippen LogP contribution in [-0.2, 0) is 22.1 Å². The largest absolute Gasteiger partial charge is 0.416 e. The number of rotatable bonds is 4. The molecule has 7 heteroatoms. The molecule has 174 valence electrons. The summed E-state index contributed by atoms with van der Waals surface area (Å²) in [6, 6.07) is 4.07. The Labute approximate surface area is 186 Å². The average molecular weight is 449 g/mol. The highest BCUT2D eigenvalue weighted by Crippen LogP contribution is 2.47. The summed E-state index contributed by atoms with van der Waals surface area (Å²) in [6.45, 7) is 6.36. The third-order valence-electron chi connectivity index (χ3n) is 8.37. The van der Waals surface area contributed by atoms with Crippen LogP contribution < -0.4 is 0 Å². The third kappa shape index (κ3) is 3.87. The molecule has 0 saturated carbocycles. The molecule has 3 heterocycles. The maximum absolute atomic E-state index is 13.3. The molecule has 1 N–H and O–H groups in total. The van der Waals surface area contributed by atoms with E-state index in [0.29, 0.717) is 25.0 Å². The molecule has 32 heavy (non-hydrogen) atoms. The van der Waals surface area contributed by atoms with Crippen molar-refractivity contribution in [3.05, 3.63) is 35.0 Å². The number of aromatic amines is 1. The van der Waals surface area contributed by atoms with Gasteiger partial charge in [0.25, 0.3) is 0 Å². The summed E-state index contributed by atoms with van der Waals surface area (Å²) in [5.74, 6) is 1.17. The first kappa shape index (κ1) is 22.0. The number of ether oxygens (including phenoxy) is 1.